The van der Waals surface area contributed by atoms with Gasteiger partial charge in [-0.25, -0.2) is 0 Å². The summed E-state index contributed by atoms with van der Waals surface area (Å²) in [7, 11) is 0. The van der Waals surface area contributed by atoms with Gasteiger partial charge >= 0.3 is 0 Å². The summed E-state index contributed by atoms with van der Waals surface area (Å²) in [6, 6.07) is 3.56. The second kappa shape index (κ2) is 6.60. The maximum absolute atomic E-state index is 12.7. The van der Waals surface area contributed by atoms with E-state index in [1.807, 2.05) is 0 Å². The number of carbonyl (C=O) groups excluding carboxylic acids is 3. The molecule has 0 aromatic carbocycles. The Balaban J connectivity index is 1.46. The molecule has 0 spiro atoms. The average Bonchev–Trinajstić information content (AvgIpc) is 3.33. The predicted octanol–water partition coefficient (Wildman–Crippen LogP) is 1.92. The maximum atomic E-state index is 12.7. The fourth-order valence-corrected chi connectivity index (χ4v) is 4.96. The Morgan fingerprint density at radius 1 is 1.38 bits per heavy atom. The number of rotatable bonds is 5. The molecule has 0 saturated carbocycles. The first kappa shape index (κ1) is 16.8. The van der Waals surface area contributed by atoms with Gasteiger partial charge in [0.15, 0.2) is 0 Å². The van der Waals surface area contributed by atoms with Crippen LogP contribution in [0, 0.1) is 5.92 Å². The van der Waals surface area contributed by atoms with Crippen LogP contribution in [0.2, 0.25) is 0 Å². The van der Waals surface area contributed by atoms with Crippen molar-refractivity contribution in [1.29, 1.82) is 0 Å². The highest BCUT2D eigenvalue weighted by atomic mass is 32.1. The smallest absolute Gasteiger partial charge is 0.251 e. The molecular weight excluding hydrogens is 354 g/mol. The Morgan fingerprint density at radius 3 is 2.96 bits per heavy atom. The number of fused-ring (bicyclic) bond motifs is 1. The van der Waals surface area contributed by atoms with E-state index in [0.717, 1.165) is 29.7 Å². The lowest BCUT2D eigenvalue weighted by Crippen LogP contribution is -2.28. The van der Waals surface area contributed by atoms with Gasteiger partial charge in [-0.1, -0.05) is 0 Å². The van der Waals surface area contributed by atoms with Gasteiger partial charge in [0.05, 0.1) is 24.3 Å². The predicted molar refractivity (Wildman–Crippen MR) is 95.7 cm³/mol. The molecule has 7 nitrogen and oxygen atoms in total. The number of carbonyl (C=O) groups is 3. The molecule has 1 fully saturated rings. The van der Waals surface area contributed by atoms with Crippen LogP contribution >= 0.6 is 11.3 Å². The number of aryl methyl sites for hydroxylation is 1. The molecule has 3 N–H and O–H groups in total. The largest absolute Gasteiger partial charge is 0.467 e. The monoisotopic (exact) mass is 373 g/mol. The molecule has 8 heteroatoms. The number of furan rings is 1. The molecule has 4 rings (SSSR count). The molecule has 1 atom stereocenters. The van der Waals surface area contributed by atoms with Crippen molar-refractivity contribution in [3.8, 4) is 0 Å². The summed E-state index contributed by atoms with van der Waals surface area (Å²) in [5.41, 5.74) is 6.93. The summed E-state index contributed by atoms with van der Waals surface area (Å²) in [6.45, 7) is 0.692. The lowest BCUT2D eigenvalue weighted by atomic mass is 10.1. The van der Waals surface area contributed by atoms with Crippen molar-refractivity contribution in [2.24, 2.45) is 11.7 Å². The molecule has 0 bridgehead atoms. The van der Waals surface area contributed by atoms with E-state index in [9.17, 15) is 14.4 Å². The summed E-state index contributed by atoms with van der Waals surface area (Å²) in [5.74, 6) is -0.602. The lowest BCUT2D eigenvalue weighted by molar-refractivity contribution is -0.128. The van der Waals surface area contributed by atoms with Crippen molar-refractivity contribution in [2.45, 2.75) is 32.2 Å². The van der Waals surface area contributed by atoms with E-state index in [2.05, 4.69) is 5.32 Å². The van der Waals surface area contributed by atoms with E-state index >= 15 is 0 Å². The molecule has 3 amide bonds. The Morgan fingerprint density at radius 2 is 2.23 bits per heavy atom. The third-order valence-electron chi connectivity index (χ3n) is 4.92. The quantitative estimate of drug-likeness (QED) is 0.835. The number of hydrogen-bond donors (Lipinski definition) is 2. The van der Waals surface area contributed by atoms with Crippen LogP contribution in [0.1, 0.15) is 39.4 Å². The number of primary amides is 1. The van der Waals surface area contributed by atoms with Crippen molar-refractivity contribution in [2.75, 3.05) is 11.9 Å². The molecule has 1 saturated heterocycles. The van der Waals surface area contributed by atoms with E-state index < -0.39 is 11.8 Å². The zero-order valence-corrected chi connectivity index (χ0v) is 14.9. The van der Waals surface area contributed by atoms with Crippen LogP contribution in [0.3, 0.4) is 0 Å². The number of nitrogens with two attached hydrogens (primary N) is 1. The van der Waals surface area contributed by atoms with Crippen LogP contribution in [0.4, 0.5) is 5.00 Å². The first-order valence-electron chi connectivity index (χ1n) is 8.58. The Hall–Kier alpha value is -2.61. The normalized spacial score (nSPS) is 19.0. The number of nitrogens with one attached hydrogen (secondary N) is 1. The van der Waals surface area contributed by atoms with Gasteiger partial charge in [-0.3, -0.25) is 14.4 Å². The van der Waals surface area contributed by atoms with Crippen LogP contribution in [-0.2, 0) is 29.0 Å². The van der Waals surface area contributed by atoms with E-state index in [1.165, 1.54) is 11.3 Å². The van der Waals surface area contributed by atoms with E-state index in [0.29, 0.717) is 29.4 Å². The second-order valence-corrected chi connectivity index (χ2v) is 7.77. The van der Waals surface area contributed by atoms with Crippen LogP contribution in [0.15, 0.2) is 22.8 Å². The highest BCUT2D eigenvalue weighted by Gasteiger charge is 2.36. The first-order valence-corrected chi connectivity index (χ1v) is 9.40. The summed E-state index contributed by atoms with van der Waals surface area (Å²) in [5, 5.41) is 3.36. The molecule has 26 heavy (non-hydrogen) atoms. The zero-order valence-electron chi connectivity index (χ0n) is 14.1. The van der Waals surface area contributed by atoms with Crippen molar-refractivity contribution in [3.63, 3.8) is 0 Å². The molecule has 0 radical (unpaired) electrons. The van der Waals surface area contributed by atoms with Gasteiger partial charge in [-0.15, -0.1) is 11.3 Å². The maximum Gasteiger partial charge on any atom is 0.251 e. The zero-order chi connectivity index (χ0) is 18.3. The highest BCUT2D eigenvalue weighted by Crippen LogP contribution is 2.39. The van der Waals surface area contributed by atoms with Crippen LogP contribution in [-0.4, -0.2) is 29.2 Å². The van der Waals surface area contributed by atoms with Gasteiger partial charge in [0.2, 0.25) is 11.8 Å². The highest BCUT2D eigenvalue weighted by molar-refractivity contribution is 7.17. The average molecular weight is 373 g/mol. The number of amides is 3. The first-order chi connectivity index (χ1) is 12.5. The summed E-state index contributed by atoms with van der Waals surface area (Å²) in [4.78, 5) is 39.4. The number of anilines is 1. The molecule has 1 unspecified atom stereocenters. The molecule has 2 aromatic heterocycles. The fourth-order valence-electron chi connectivity index (χ4n) is 3.66. The third-order valence-corrected chi connectivity index (χ3v) is 6.12. The van der Waals surface area contributed by atoms with Crippen LogP contribution in [0.25, 0.3) is 0 Å². The summed E-state index contributed by atoms with van der Waals surface area (Å²) >= 11 is 1.42. The lowest BCUT2D eigenvalue weighted by Gasteiger charge is -2.15. The third kappa shape index (κ3) is 3.01. The molecular formula is C18H19N3O4S. The number of nitrogens with zero attached hydrogens (tertiary/aromatic N) is 1. The fraction of sp³-hybridized carbons (Fsp3) is 0.389. The van der Waals surface area contributed by atoms with Gasteiger partial charge in [-0.2, -0.15) is 0 Å². The summed E-state index contributed by atoms with van der Waals surface area (Å²) < 4.78 is 5.27. The molecule has 1 aliphatic carbocycles. The van der Waals surface area contributed by atoms with Crippen LogP contribution < -0.4 is 11.1 Å². The van der Waals surface area contributed by atoms with Gasteiger partial charge < -0.3 is 20.4 Å². The minimum atomic E-state index is -0.512. The SMILES string of the molecule is NC(=O)c1c(NC(=O)C2CC(=O)N(Cc3ccco3)C2)sc2c1CCC2. The second-order valence-electron chi connectivity index (χ2n) is 6.67. The van der Waals surface area contributed by atoms with Crippen LogP contribution in [0.5, 0.6) is 0 Å². The van der Waals surface area contributed by atoms with Crippen molar-refractivity contribution in [3.05, 3.63) is 40.2 Å². The molecule has 1 aliphatic heterocycles. The van der Waals surface area contributed by atoms with Crippen molar-refractivity contribution >= 4 is 34.1 Å². The molecule has 2 aliphatic rings. The topological polar surface area (TPSA) is 106 Å². The van der Waals surface area contributed by atoms with Gasteiger partial charge in [0.1, 0.15) is 10.8 Å². The Labute approximate surface area is 154 Å². The number of thiophene rings is 1. The van der Waals surface area contributed by atoms with Gasteiger partial charge in [0, 0.05) is 17.8 Å². The minimum absolute atomic E-state index is 0.0784. The van der Waals surface area contributed by atoms with Gasteiger partial charge in [-0.05, 0) is 37.0 Å². The van der Waals surface area contributed by atoms with Crippen molar-refractivity contribution < 1.29 is 18.8 Å². The molecule has 3 heterocycles. The van der Waals surface area contributed by atoms with E-state index in [1.54, 1.807) is 23.3 Å². The Kier molecular flexibility index (Phi) is 4.28. The minimum Gasteiger partial charge on any atom is -0.467 e. The van der Waals surface area contributed by atoms with Gasteiger partial charge in [0.25, 0.3) is 5.91 Å². The van der Waals surface area contributed by atoms with E-state index in [4.69, 9.17) is 10.2 Å². The Bertz CT molecular complexity index is 871. The number of likely N-dealkylation sites (tertiary alicyclic amines) is 1. The molecule has 136 valence electrons. The number of hydrogen-bond acceptors (Lipinski definition) is 5. The van der Waals surface area contributed by atoms with Crippen molar-refractivity contribution in [1.82, 2.24) is 4.90 Å². The molecule has 2 aromatic rings. The van der Waals surface area contributed by atoms with E-state index in [-0.39, 0.29) is 18.2 Å². The standard InChI is InChI=1S/C18H19N3O4S/c19-16(23)15-12-4-1-5-13(12)26-18(15)20-17(24)10-7-14(22)21(8-10)9-11-3-2-6-25-11/h2-3,6,10H,1,4-5,7-9H2,(H2,19,23)(H,20,24). The summed E-state index contributed by atoms with van der Waals surface area (Å²) in [6.07, 6.45) is 4.45.